The Labute approximate surface area is 173 Å². The predicted molar refractivity (Wildman–Crippen MR) is 114 cm³/mol. The van der Waals surface area contributed by atoms with Gasteiger partial charge in [-0.3, -0.25) is 9.69 Å². The number of hydrogen-bond acceptors (Lipinski definition) is 4. The molecule has 0 saturated carbocycles. The smallest absolute Gasteiger partial charge is 0.282 e. The van der Waals surface area contributed by atoms with Gasteiger partial charge in [-0.2, -0.15) is 0 Å². The minimum atomic E-state index is -0.383. The molecule has 0 fully saturated rings. The molecule has 0 radical (unpaired) electrons. The van der Waals surface area contributed by atoms with Crippen LogP contribution in [0.25, 0.3) is 6.08 Å². The number of carbonyl (C=O) groups is 1. The van der Waals surface area contributed by atoms with Crippen molar-refractivity contribution in [2.45, 2.75) is 0 Å². The SMILES string of the molecule is COc1ccccc1/C=C1/N=C(c2ccccc2OC)N(c2ccc(F)cc2)C1=O. The maximum Gasteiger partial charge on any atom is 0.282 e. The van der Waals surface area contributed by atoms with Crippen molar-refractivity contribution in [2.75, 3.05) is 19.1 Å². The molecule has 1 heterocycles. The molecular formula is C24H19FN2O3. The molecular weight excluding hydrogens is 383 g/mol. The van der Waals surface area contributed by atoms with Gasteiger partial charge in [-0.1, -0.05) is 30.3 Å². The fourth-order valence-corrected chi connectivity index (χ4v) is 3.29. The first kappa shape index (κ1) is 19.4. The second-order valence-corrected chi connectivity index (χ2v) is 6.52. The van der Waals surface area contributed by atoms with E-state index in [-0.39, 0.29) is 17.4 Å². The lowest BCUT2D eigenvalue weighted by Crippen LogP contribution is -2.32. The number of ether oxygens (including phenoxy) is 2. The molecule has 0 N–H and O–H groups in total. The molecule has 4 rings (SSSR count). The number of methoxy groups -OCH3 is 2. The summed E-state index contributed by atoms with van der Waals surface area (Å²) < 4.78 is 24.3. The van der Waals surface area contributed by atoms with Crippen LogP contribution in [0.5, 0.6) is 11.5 Å². The summed E-state index contributed by atoms with van der Waals surface area (Å²) in [5, 5.41) is 0. The molecule has 3 aromatic rings. The molecule has 30 heavy (non-hydrogen) atoms. The van der Waals surface area contributed by atoms with Crippen molar-refractivity contribution < 1.29 is 18.7 Å². The Morgan fingerprint density at radius 3 is 2.20 bits per heavy atom. The lowest BCUT2D eigenvalue weighted by atomic mass is 10.1. The van der Waals surface area contributed by atoms with Crippen LogP contribution < -0.4 is 14.4 Å². The zero-order chi connectivity index (χ0) is 21.1. The zero-order valence-corrected chi connectivity index (χ0v) is 16.5. The van der Waals surface area contributed by atoms with Crippen molar-refractivity contribution in [1.82, 2.24) is 0 Å². The number of amidine groups is 1. The molecule has 1 aliphatic heterocycles. The summed E-state index contributed by atoms with van der Waals surface area (Å²) >= 11 is 0. The van der Waals surface area contributed by atoms with E-state index in [9.17, 15) is 9.18 Å². The highest BCUT2D eigenvalue weighted by Gasteiger charge is 2.34. The average molecular weight is 402 g/mol. The van der Waals surface area contributed by atoms with Crippen molar-refractivity contribution in [3.63, 3.8) is 0 Å². The molecule has 6 heteroatoms. The number of anilines is 1. The van der Waals surface area contributed by atoms with Gasteiger partial charge in [0.1, 0.15) is 23.0 Å². The Balaban J connectivity index is 1.87. The van der Waals surface area contributed by atoms with E-state index in [2.05, 4.69) is 4.99 Å². The first-order valence-electron chi connectivity index (χ1n) is 9.29. The van der Waals surface area contributed by atoms with Crippen LogP contribution in [0, 0.1) is 5.82 Å². The quantitative estimate of drug-likeness (QED) is 0.583. The molecule has 3 aromatic carbocycles. The fraction of sp³-hybridized carbons (Fsp3) is 0.0833. The summed E-state index contributed by atoms with van der Waals surface area (Å²) in [5.74, 6) is 0.909. The zero-order valence-electron chi connectivity index (χ0n) is 16.5. The van der Waals surface area contributed by atoms with E-state index in [1.165, 1.54) is 17.0 Å². The highest BCUT2D eigenvalue weighted by Crippen LogP contribution is 2.32. The van der Waals surface area contributed by atoms with E-state index >= 15 is 0 Å². The number of aliphatic imine (C=N–C) groups is 1. The maximum atomic E-state index is 13.5. The third kappa shape index (κ3) is 3.55. The predicted octanol–water partition coefficient (Wildman–Crippen LogP) is 4.68. The highest BCUT2D eigenvalue weighted by atomic mass is 19.1. The number of benzene rings is 3. The summed E-state index contributed by atoms with van der Waals surface area (Å²) in [7, 11) is 3.13. The number of carbonyl (C=O) groups excluding carboxylic acids is 1. The van der Waals surface area contributed by atoms with E-state index < -0.39 is 0 Å². The number of rotatable bonds is 5. The van der Waals surface area contributed by atoms with E-state index in [0.29, 0.717) is 28.6 Å². The summed E-state index contributed by atoms with van der Waals surface area (Å²) in [4.78, 5) is 19.4. The van der Waals surface area contributed by atoms with Crippen LogP contribution in [0.4, 0.5) is 10.1 Å². The number of nitrogens with zero attached hydrogens (tertiary/aromatic N) is 2. The van der Waals surface area contributed by atoms with Gasteiger partial charge in [-0.25, -0.2) is 9.38 Å². The van der Waals surface area contributed by atoms with E-state index in [4.69, 9.17) is 9.47 Å². The first-order valence-corrected chi connectivity index (χ1v) is 9.29. The van der Waals surface area contributed by atoms with Crippen LogP contribution in [-0.2, 0) is 4.79 Å². The molecule has 0 unspecified atom stereocenters. The molecule has 0 saturated heterocycles. The molecule has 0 aliphatic carbocycles. The number of para-hydroxylation sites is 2. The van der Waals surface area contributed by atoms with Crippen LogP contribution in [0.1, 0.15) is 11.1 Å². The van der Waals surface area contributed by atoms with E-state index in [1.807, 2.05) is 42.5 Å². The second-order valence-electron chi connectivity index (χ2n) is 6.52. The number of amides is 1. The standard InChI is InChI=1S/C24H19FN2O3/c1-29-21-9-5-3-7-16(21)15-20-24(28)27(18-13-11-17(25)12-14-18)23(26-20)19-8-4-6-10-22(19)30-2/h3-15H,1-2H3/b20-15+. The Kier molecular flexibility index (Phi) is 5.30. The summed E-state index contributed by atoms with van der Waals surface area (Å²) in [6.45, 7) is 0. The Morgan fingerprint density at radius 1 is 0.867 bits per heavy atom. The number of hydrogen-bond donors (Lipinski definition) is 0. The topological polar surface area (TPSA) is 51.1 Å². The van der Waals surface area contributed by atoms with Crippen molar-refractivity contribution in [2.24, 2.45) is 4.99 Å². The van der Waals surface area contributed by atoms with Gasteiger partial charge in [0.05, 0.1) is 25.5 Å². The summed E-state index contributed by atoms with van der Waals surface area (Å²) in [5.41, 5.74) is 2.13. The number of halogens is 1. The van der Waals surface area contributed by atoms with Crippen LogP contribution in [0.3, 0.4) is 0 Å². The van der Waals surface area contributed by atoms with Gasteiger partial charge >= 0.3 is 0 Å². The lowest BCUT2D eigenvalue weighted by Gasteiger charge is -2.19. The molecule has 0 spiro atoms. The van der Waals surface area contributed by atoms with Gasteiger partial charge in [0.2, 0.25) is 0 Å². The van der Waals surface area contributed by atoms with Crippen LogP contribution in [0.15, 0.2) is 83.5 Å². The second kappa shape index (κ2) is 8.21. The van der Waals surface area contributed by atoms with Crippen molar-refractivity contribution >= 4 is 23.5 Å². The normalized spacial score (nSPS) is 14.8. The van der Waals surface area contributed by atoms with Gasteiger partial charge in [-0.05, 0) is 48.5 Å². The Bertz CT molecular complexity index is 1150. The van der Waals surface area contributed by atoms with Crippen LogP contribution in [-0.4, -0.2) is 26.0 Å². The molecule has 1 amide bonds. The first-order chi connectivity index (χ1) is 14.6. The summed E-state index contributed by atoms with van der Waals surface area (Å²) in [6.07, 6.45) is 1.68. The largest absolute Gasteiger partial charge is 0.496 e. The van der Waals surface area contributed by atoms with Crippen molar-refractivity contribution in [3.8, 4) is 11.5 Å². The third-order valence-corrected chi connectivity index (χ3v) is 4.72. The summed E-state index contributed by atoms with van der Waals surface area (Å²) in [6, 6.07) is 20.4. The molecule has 0 aromatic heterocycles. The van der Waals surface area contributed by atoms with Gasteiger partial charge in [0, 0.05) is 5.56 Å². The minimum absolute atomic E-state index is 0.240. The van der Waals surface area contributed by atoms with Crippen LogP contribution >= 0.6 is 0 Å². The third-order valence-electron chi connectivity index (χ3n) is 4.72. The average Bonchev–Trinajstić information content (AvgIpc) is 3.10. The molecule has 0 bridgehead atoms. The molecule has 150 valence electrons. The van der Waals surface area contributed by atoms with E-state index in [0.717, 1.165) is 5.56 Å². The van der Waals surface area contributed by atoms with Gasteiger partial charge in [-0.15, -0.1) is 0 Å². The van der Waals surface area contributed by atoms with Gasteiger partial charge in [0.25, 0.3) is 5.91 Å². The molecule has 0 atom stereocenters. The maximum absolute atomic E-state index is 13.5. The van der Waals surface area contributed by atoms with E-state index in [1.54, 1.807) is 38.5 Å². The monoisotopic (exact) mass is 402 g/mol. The van der Waals surface area contributed by atoms with Gasteiger partial charge in [0.15, 0.2) is 5.84 Å². The Morgan fingerprint density at radius 2 is 1.50 bits per heavy atom. The fourth-order valence-electron chi connectivity index (χ4n) is 3.29. The van der Waals surface area contributed by atoms with Crippen LogP contribution in [0.2, 0.25) is 0 Å². The molecule has 1 aliphatic rings. The highest BCUT2D eigenvalue weighted by molar-refractivity contribution is 6.33. The minimum Gasteiger partial charge on any atom is -0.496 e. The lowest BCUT2D eigenvalue weighted by molar-refractivity contribution is -0.113. The molecule has 5 nitrogen and oxygen atoms in total. The van der Waals surface area contributed by atoms with Crippen molar-refractivity contribution in [3.05, 3.63) is 95.4 Å². The van der Waals surface area contributed by atoms with Gasteiger partial charge < -0.3 is 9.47 Å². The van der Waals surface area contributed by atoms with Crippen molar-refractivity contribution in [1.29, 1.82) is 0 Å². The Hall–Kier alpha value is -3.93.